The Balaban J connectivity index is 1.83. The molecule has 22 heavy (non-hydrogen) atoms. The van der Waals surface area contributed by atoms with E-state index in [9.17, 15) is 23.1 Å². The van der Waals surface area contributed by atoms with Crippen LogP contribution in [-0.2, 0) is 10.9 Å². The monoisotopic (exact) mass is 318 g/mol. The highest BCUT2D eigenvalue weighted by Crippen LogP contribution is 2.31. The van der Waals surface area contributed by atoms with Crippen molar-refractivity contribution >= 4 is 5.91 Å². The summed E-state index contributed by atoms with van der Waals surface area (Å²) in [5.74, 6) is -0.432. The lowest BCUT2D eigenvalue weighted by molar-refractivity contribution is -0.138. The smallest absolute Gasteiger partial charge is 0.389 e. The van der Waals surface area contributed by atoms with E-state index in [1.807, 2.05) is 0 Å². The quantitative estimate of drug-likeness (QED) is 0.801. The van der Waals surface area contributed by atoms with Gasteiger partial charge in [-0.1, -0.05) is 0 Å². The molecule has 1 fully saturated rings. The summed E-state index contributed by atoms with van der Waals surface area (Å²) in [6.45, 7) is 0.395. The standard InChI is InChI=1S/C14H17F3N2O3/c15-14(16,17)11-2-1-5-18-12(11)13(21)19-6-10(20)8-22-7-9-3-4-9/h1-2,5,9-10,20H,3-4,6-8H2,(H,19,21). The van der Waals surface area contributed by atoms with Crippen molar-refractivity contribution < 1.29 is 27.8 Å². The molecule has 1 aliphatic rings. The summed E-state index contributed by atoms with van der Waals surface area (Å²) < 4.78 is 43.5. The van der Waals surface area contributed by atoms with E-state index in [0.29, 0.717) is 12.5 Å². The van der Waals surface area contributed by atoms with Crippen LogP contribution in [0.15, 0.2) is 18.3 Å². The minimum atomic E-state index is -4.66. The maximum Gasteiger partial charge on any atom is 0.418 e. The van der Waals surface area contributed by atoms with Crippen molar-refractivity contribution in [2.24, 2.45) is 5.92 Å². The first kappa shape index (κ1) is 16.7. The second-order valence-electron chi connectivity index (χ2n) is 5.24. The van der Waals surface area contributed by atoms with Gasteiger partial charge in [0, 0.05) is 19.3 Å². The van der Waals surface area contributed by atoms with Crippen LogP contribution in [0.3, 0.4) is 0 Å². The SMILES string of the molecule is O=C(NCC(O)COCC1CC1)c1ncccc1C(F)(F)F. The van der Waals surface area contributed by atoms with Crippen LogP contribution in [0.25, 0.3) is 0 Å². The second kappa shape index (κ2) is 7.06. The van der Waals surface area contributed by atoms with Gasteiger partial charge in [0.25, 0.3) is 5.91 Å². The molecule has 0 aliphatic heterocycles. The van der Waals surface area contributed by atoms with E-state index in [1.165, 1.54) is 0 Å². The topological polar surface area (TPSA) is 71.5 Å². The number of aliphatic hydroxyl groups excluding tert-OH is 1. The van der Waals surface area contributed by atoms with Gasteiger partial charge in [-0.3, -0.25) is 9.78 Å². The summed E-state index contributed by atoms with van der Waals surface area (Å²) in [6.07, 6.45) is -2.29. The highest BCUT2D eigenvalue weighted by atomic mass is 19.4. The summed E-state index contributed by atoms with van der Waals surface area (Å²) in [5, 5.41) is 11.9. The van der Waals surface area contributed by atoms with E-state index >= 15 is 0 Å². The lowest BCUT2D eigenvalue weighted by Crippen LogP contribution is -2.36. The van der Waals surface area contributed by atoms with Crippen molar-refractivity contribution in [2.45, 2.75) is 25.1 Å². The van der Waals surface area contributed by atoms with E-state index in [2.05, 4.69) is 10.3 Å². The number of carbonyl (C=O) groups excluding carboxylic acids is 1. The summed E-state index contributed by atoms with van der Waals surface area (Å²) in [5.41, 5.74) is -1.81. The Morgan fingerprint density at radius 2 is 2.23 bits per heavy atom. The fourth-order valence-electron chi connectivity index (χ4n) is 1.82. The van der Waals surface area contributed by atoms with E-state index < -0.39 is 29.4 Å². The average molecular weight is 318 g/mol. The fourth-order valence-corrected chi connectivity index (χ4v) is 1.82. The van der Waals surface area contributed by atoms with E-state index in [-0.39, 0.29) is 13.2 Å². The van der Waals surface area contributed by atoms with Crippen LogP contribution in [0, 0.1) is 5.92 Å². The maximum atomic E-state index is 12.8. The van der Waals surface area contributed by atoms with Gasteiger partial charge in [-0.15, -0.1) is 0 Å². The molecule has 0 radical (unpaired) electrons. The molecule has 0 spiro atoms. The number of alkyl halides is 3. The van der Waals surface area contributed by atoms with Crippen LogP contribution >= 0.6 is 0 Å². The number of rotatable bonds is 7. The van der Waals surface area contributed by atoms with Gasteiger partial charge in [-0.25, -0.2) is 0 Å². The largest absolute Gasteiger partial charge is 0.418 e. The molecular weight excluding hydrogens is 301 g/mol. The van der Waals surface area contributed by atoms with Gasteiger partial charge < -0.3 is 15.2 Å². The minimum absolute atomic E-state index is 0.0329. The van der Waals surface area contributed by atoms with Crippen molar-refractivity contribution in [3.05, 3.63) is 29.6 Å². The molecule has 1 amide bonds. The molecule has 1 saturated carbocycles. The number of pyridine rings is 1. The number of amides is 1. The Morgan fingerprint density at radius 1 is 1.50 bits per heavy atom. The number of nitrogens with zero attached hydrogens (tertiary/aromatic N) is 1. The van der Waals surface area contributed by atoms with Crippen molar-refractivity contribution in [2.75, 3.05) is 19.8 Å². The predicted octanol–water partition coefficient (Wildman–Crippen LogP) is 1.62. The van der Waals surface area contributed by atoms with E-state index in [4.69, 9.17) is 4.74 Å². The Morgan fingerprint density at radius 3 is 2.86 bits per heavy atom. The van der Waals surface area contributed by atoms with Gasteiger partial charge in [-0.05, 0) is 30.9 Å². The maximum absolute atomic E-state index is 12.8. The Bertz CT molecular complexity index is 518. The summed E-state index contributed by atoms with van der Waals surface area (Å²) >= 11 is 0. The molecule has 2 rings (SSSR count). The zero-order valence-corrected chi connectivity index (χ0v) is 11.8. The normalized spacial score (nSPS) is 16.4. The van der Waals surface area contributed by atoms with Gasteiger partial charge in [-0.2, -0.15) is 13.2 Å². The van der Waals surface area contributed by atoms with Crippen LogP contribution < -0.4 is 5.32 Å². The zero-order valence-electron chi connectivity index (χ0n) is 11.8. The molecular formula is C14H17F3N2O3. The number of ether oxygens (including phenoxy) is 1. The molecule has 1 aromatic rings. The fraction of sp³-hybridized carbons (Fsp3) is 0.571. The lowest BCUT2D eigenvalue weighted by Gasteiger charge is -2.14. The van der Waals surface area contributed by atoms with Crippen molar-refractivity contribution in [3.8, 4) is 0 Å². The molecule has 1 atom stereocenters. The molecule has 1 heterocycles. The first-order valence-electron chi connectivity index (χ1n) is 6.94. The molecule has 1 aliphatic carbocycles. The number of aliphatic hydroxyl groups is 1. The third-order valence-electron chi connectivity index (χ3n) is 3.19. The molecule has 0 saturated heterocycles. The molecule has 1 unspecified atom stereocenters. The third-order valence-corrected chi connectivity index (χ3v) is 3.19. The Labute approximate surface area is 125 Å². The number of hydrogen-bond acceptors (Lipinski definition) is 4. The summed E-state index contributed by atoms with van der Waals surface area (Å²) in [4.78, 5) is 15.3. The average Bonchev–Trinajstić information content (AvgIpc) is 3.28. The van der Waals surface area contributed by atoms with Crippen LogP contribution in [0.4, 0.5) is 13.2 Å². The van der Waals surface area contributed by atoms with Gasteiger partial charge in [0.15, 0.2) is 0 Å². The van der Waals surface area contributed by atoms with Crippen LogP contribution in [0.2, 0.25) is 0 Å². The van der Waals surface area contributed by atoms with Crippen molar-refractivity contribution in [3.63, 3.8) is 0 Å². The number of halogens is 3. The van der Waals surface area contributed by atoms with Gasteiger partial charge in [0.2, 0.25) is 0 Å². The molecule has 122 valence electrons. The van der Waals surface area contributed by atoms with Crippen molar-refractivity contribution in [1.82, 2.24) is 10.3 Å². The zero-order chi connectivity index (χ0) is 16.2. The number of nitrogens with one attached hydrogen (secondary N) is 1. The molecule has 8 heteroatoms. The number of carbonyl (C=O) groups is 1. The number of aromatic nitrogens is 1. The summed E-state index contributed by atoms with van der Waals surface area (Å²) in [6, 6.07) is 1.90. The van der Waals surface area contributed by atoms with Crippen LogP contribution in [-0.4, -0.2) is 41.9 Å². The molecule has 0 aromatic carbocycles. The highest BCUT2D eigenvalue weighted by molar-refractivity contribution is 5.93. The third kappa shape index (κ3) is 4.96. The van der Waals surface area contributed by atoms with Gasteiger partial charge >= 0.3 is 6.18 Å². The predicted molar refractivity (Wildman–Crippen MR) is 71.1 cm³/mol. The first-order valence-corrected chi connectivity index (χ1v) is 6.94. The highest BCUT2D eigenvalue weighted by Gasteiger charge is 2.35. The number of hydrogen-bond donors (Lipinski definition) is 2. The second-order valence-corrected chi connectivity index (χ2v) is 5.24. The minimum Gasteiger partial charge on any atom is -0.389 e. The van der Waals surface area contributed by atoms with E-state index in [0.717, 1.165) is 31.2 Å². The lowest BCUT2D eigenvalue weighted by atomic mass is 10.1. The van der Waals surface area contributed by atoms with Gasteiger partial charge in [0.05, 0.1) is 18.3 Å². The Kier molecular flexibility index (Phi) is 5.36. The van der Waals surface area contributed by atoms with Crippen LogP contribution in [0.5, 0.6) is 0 Å². The molecule has 0 bridgehead atoms. The van der Waals surface area contributed by atoms with Crippen molar-refractivity contribution in [1.29, 1.82) is 0 Å². The van der Waals surface area contributed by atoms with Gasteiger partial charge in [0.1, 0.15) is 5.69 Å². The Hall–Kier alpha value is -1.67. The first-order chi connectivity index (χ1) is 10.4. The molecule has 2 N–H and O–H groups in total. The summed E-state index contributed by atoms with van der Waals surface area (Å²) in [7, 11) is 0. The molecule has 1 aromatic heterocycles. The molecule has 5 nitrogen and oxygen atoms in total. The van der Waals surface area contributed by atoms with E-state index in [1.54, 1.807) is 0 Å². The van der Waals surface area contributed by atoms with Crippen LogP contribution in [0.1, 0.15) is 28.9 Å².